The number of hydrogen-bond acceptors (Lipinski definition) is 6. The van der Waals surface area contributed by atoms with Crippen LogP contribution in [-0.2, 0) is 14.3 Å². The maximum atomic E-state index is 12.0. The third-order valence-corrected chi connectivity index (χ3v) is 5.97. The van der Waals surface area contributed by atoms with Crippen LogP contribution in [0.3, 0.4) is 0 Å². The maximum absolute atomic E-state index is 12.0. The van der Waals surface area contributed by atoms with E-state index in [2.05, 4.69) is 21.7 Å². The second-order valence-corrected chi connectivity index (χ2v) is 7.90. The Hall–Kier alpha value is -1.18. The number of carbonyl (C=O) groups excluding carboxylic acids is 2. The van der Waals surface area contributed by atoms with Gasteiger partial charge in [-0.05, 0) is 45.8 Å². The molecule has 1 amide bonds. The summed E-state index contributed by atoms with van der Waals surface area (Å²) in [5.41, 5.74) is 0. The van der Waals surface area contributed by atoms with Gasteiger partial charge in [0.05, 0.1) is 13.2 Å². The summed E-state index contributed by atoms with van der Waals surface area (Å²) in [6.07, 6.45) is 4.89. The van der Waals surface area contributed by atoms with Gasteiger partial charge in [-0.3, -0.25) is 19.4 Å². The van der Waals surface area contributed by atoms with Gasteiger partial charge in [0.2, 0.25) is 5.91 Å². The molecule has 0 atom stereocenters. The Balaban J connectivity index is 1.25. The Morgan fingerprint density at radius 2 is 1.81 bits per heavy atom. The first-order valence-corrected chi connectivity index (χ1v) is 10.2. The summed E-state index contributed by atoms with van der Waals surface area (Å²) < 4.78 is 5.36. The minimum atomic E-state index is -0.134. The van der Waals surface area contributed by atoms with Gasteiger partial charge in [-0.25, -0.2) is 0 Å². The van der Waals surface area contributed by atoms with E-state index in [0.717, 1.165) is 45.6 Å². The molecule has 0 aromatic heterocycles. The number of likely N-dealkylation sites (tertiary alicyclic amines) is 2. The number of amides is 1. The molecule has 3 rings (SSSR count). The first-order chi connectivity index (χ1) is 12.6. The largest absolute Gasteiger partial charge is 0.465 e. The molecule has 3 fully saturated rings. The van der Waals surface area contributed by atoms with E-state index < -0.39 is 0 Å². The van der Waals surface area contributed by atoms with Crippen molar-refractivity contribution in [3.63, 3.8) is 0 Å². The average molecular weight is 367 g/mol. The van der Waals surface area contributed by atoms with Crippen LogP contribution in [0.2, 0.25) is 0 Å². The number of piperidine rings is 1. The highest BCUT2D eigenvalue weighted by molar-refractivity contribution is 5.78. The van der Waals surface area contributed by atoms with Crippen molar-refractivity contribution in [2.75, 3.05) is 72.6 Å². The van der Waals surface area contributed by atoms with E-state index in [0.29, 0.717) is 32.2 Å². The van der Waals surface area contributed by atoms with Gasteiger partial charge in [0, 0.05) is 51.7 Å². The predicted molar refractivity (Wildman–Crippen MR) is 99.9 cm³/mol. The van der Waals surface area contributed by atoms with Crippen molar-refractivity contribution in [2.24, 2.45) is 0 Å². The molecule has 7 heteroatoms. The molecule has 0 aromatic rings. The maximum Gasteiger partial charge on any atom is 0.320 e. The molecular formula is C19H34N4O3. The first kappa shape index (κ1) is 19.6. The molecular weight excluding hydrogens is 332 g/mol. The molecule has 3 aliphatic rings. The van der Waals surface area contributed by atoms with E-state index >= 15 is 0 Å². The smallest absolute Gasteiger partial charge is 0.320 e. The monoisotopic (exact) mass is 366 g/mol. The number of piperazine rings is 1. The highest BCUT2D eigenvalue weighted by Crippen LogP contribution is 2.17. The number of ether oxygens (including phenoxy) is 1. The summed E-state index contributed by atoms with van der Waals surface area (Å²) in [6, 6.07) is 0.716. The summed E-state index contributed by atoms with van der Waals surface area (Å²) in [7, 11) is 2.20. The first-order valence-electron chi connectivity index (χ1n) is 10.2. The number of esters is 1. The predicted octanol–water partition coefficient (Wildman–Crippen LogP) is 0.254. The van der Waals surface area contributed by atoms with Crippen LogP contribution in [0, 0.1) is 0 Å². The van der Waals surface area contributed by atoms with Gasteiger partial charge >= 0.3 is 5.97 Å². The van der Waals surface area contributed by atoms with Crippen molar-refractivity contribution in [1.82, 2.24) is 19.6 Å². The van der Waals surface area contributed by atoms with Crippen LogP contribution < -0.4 is 0 Å². The lowest BCUT2D eigenvalue weighted by Crippen LogP contribution is -2.53. The SMILES string of the molecule is CN1CCC(N2CCN(CC(=O)OCCCN3CCCC3=O)CC2)CC1. The Labute approximate surface area is 157 Å². The Bertz CT molecular complexity index is 471. The lowest BCUT2D eigenvalue weighted by atomic mass is 10.0. The molecule has 0 bridgehead atoms. The van der Waals surface area contributed by atoms with Crippen LogP contribution in [0.25, 0.3) is 0 Å². The lowest BCUT2D eigenvalue weighted by molar-refractivity contribution is -0.145. The van der Waals surface area contributed by atoms with Gasteiger partial charge in [0.1, 0.15) is 0 Å². The third-order valence-electron chi connectivity index (χ3n) is 5.97. The summed E-state index contributed by atoms with van der Waals surface area (Å²) in [4.78, 5) is 32.6. The highest BCUT2D eigenvalue weighted by Gasteiger charge is 2.27. The van der Waals surface area contributed by atoms with E-state index in [-0.39, 0.29) is 11.9 Å². The standard InChI is InChI=1S/C19H34N4O3/c1-20-9-5-17(6-10-20)22-13-11-21(12-14-22)16-19(25)26-15-3-8-23-7-2-4-18(23)24/h17H,2-16H2,1H3. The quantitative estimate of drug-likeness (QED) is 0.476. The van der Waals surface area contributed by atoms with Crippen LogP contribution in [-0.4, -0.2) is 110 Å². The molecule has 0 unspecified atom stereocenters. The van der Waals surface area contributed by atoms with Crippen LogP contribution >= 0.6 is 0 Å². The van der Waals surface area contributed by atoms with Crippen molar-refractivity contribution in [1.29, 1.82) is 0 Å². The molecule has 26 heavy (non-hydrogen) atoms. The summed E-state index contributed by atoms with van der Waals surface area (Å²) in [6.45, 7) is 8.77. The van der Waals surface area contributed by atoms with Gasteiger partial charge in [-0.1, -0.05) is 0 Å². The zero-order chi connectivity index (χ0) is 18.4. The summed E-state index contributed by atoms with van der Waals surface area (Å²) in [5.74, 6) is 0.101. The number of hydrogen-bond donors (Lipinski definition) is 0. The van der Waals surface area contributed by atoms with Crippen molar-refractivity contribution >= 4 is 11.9 Å². The Morgan fingerprint density at radius 1 is 1.08 bits per heavy atom. The Morgan fingerprint density at radius 3 is 2.46 bits per heavy atom. The van der Waals surface area contributed by atoms with Crippen LogP contribution in [0.15, 0.2) is 0 Å². The zero-order valence-corrected chi connectivity index (χ0v) is 16.2. The van der Waals surface area contributed by atoms with Crippen molar-refractivity contribution in [2.45, 2.75) is 38.1 Å². The second kappa shape index (κ2) is 9.67. The van der Waals surface area contributed by atoms with Gasteiger partial charge in [-0.15, -0.1) is 0 Å². The topological polar surface area (TPSA) is 56.3 Å². The van der Waals surface area contributed by atoms with E-state index in [4.69, 9.17) is 4.74 Å². The van der Waals surface area contributed by atoms with Crippen molar-refractivity contribution < 1.29 is 14.3 Å². The number of nitrogens with zero attached hydrogens (tertiary/aromatic N) is 4. The lowest BCUT2D eigenvalue weighted by Gasteiger charge is -2.42. The fraction of sp³-hybridized carbons (Fsp3) is 0.895. The molecule has 148 valence electrons. The molecule has 0 radical (unpaired) electrons. The highest BCUT2D eigenvalue weighted by atomic mass is 16.5. The number of carbonyl (C=O) groups is 2. The van der Waals surface area contributed by atoms with Gasteiger partial charge in [-0.2, -0.15) is 0 Å². The molecule has 3 aliphatic heterocycles. The zero-order valence-electron chi connectivity index (χ0n) is 16.2. The van der Waals surface area contributed by atoms with Gasteiger partial charge in [0.25, 0.3) is 0 Å². The number of rotatable bonds is 7. The average Bonchev–Trinajstić information content (AvgIpc) is 3.05. The van der Waals surface area contributed by atoms with Crippen molar-refractivity contribution in [3.05, 3.63) is 0 Å². The molecule has 7 nitrogen and oxygen atoms in total. The second-order valence-electron chi connectivity index (χ2n) is 7.90. The molecule has 0 aromatic carbocycles. The molecule has 3 heterocycles. The molecule has 0 saturated carbocycles. The third kappa shape index (κ3) is 5.66. The molecule has 0 spiro atoms. The van der Waals surface area contributed by atoms with E-state index in [1.165, 1.54) is 25.9 Å². The normalized spacial score (nSPS) is 24.3. The fourth-order valence-corrected chi connectivity index (χ4v) is 4.26. The summed E-state index contributed by atoms with van der Waals surface area (Å²) in [5, 5.41) is 0. The van der Waals surface area contributed by atoms with Crippen LogP contribution in [0.5, 0.6) is 0 Å². The minimum absolute atomic E-state index is 0.134. The van der Waals surface area contributed by atoms with E-state index in [1.54, 1.807) is 0 Å². The van der Waals surface area contributed by atoms with Crippen LogP contribution in [0.1, 0.15) is 32.1 Å². The van der Waals surface area contributed by atoms with E-state index in [1.807, 2.05) is 4.90 Å². The fourth-order valence-electron chi connectivity index (χ4n) is 4.26. The van der Waals surface area contributed by atoms with Gasteiger partial charge in [0.15, 0.2) is 0 Å². The molecule has 3 saturated heterocycles. The van der Waals surface area contributed by atoms with Gasteiger partial charge < -0.3 is 14.5 Å². The summed E-state index contributed by atoms with van der Waals surface area (Å²) >= 11 is 0. The molecule has 0 aliphatic carbocycles. The van der Waals surface area contributed by atoms with Crippen molar-refractivity contribution in [3.8, 4) is 0 Å². The minimum Gasteiger partial charge on any atom is -0.465 e. The molecule has 0 N–H and O–H groups in total. The Kier molecular flexibility index (Phi) is 7.28. The van der Waals surface area contributed by atoms with Crippen LogP contribution in [0.4, 0.5) is 0 Å². The van der Waals surface area contributed by atoms with E-state index in [9.17, 15) is 9.59 Å².